The van der Waals surface area contributed by atoms with Crippen molar-refractivity contribution in [3.63, 3.8) is 0 Å². The zero-order valence-corrected chi connectivity index (χ0v) is 13.5. The van der Waals surface area contributed by atoms with E-state index in [4.69, 9.17) is 9.47 Å². The van der Waals surface area contributed by atoms with Crippen LogP contribution >= 0.6 is 0 Å². The third-order valence-corrected chi connectivity index (χ3v) is 5.40. The van der Waals surface area contributed by atoms with Gasteiger partial charge in [0, 0.05) is 32.1 Å². The number of urea groups is 1. The number of nitrogens with one attached hydrogen (secondary N) is 1. The van der Waals surface area contributed by atoms with E-state index in [1.54, 1.807) is 4.90 Å². The number of hydrogen-bond donors (Lipinski definition) is 1. The maximum absolute atomic E-state index is 14.3. The number of ether oxygens (including phenoxy) is 2. The van der Waals surface area contributed by atoms with Gasteiger partial charge in [0.1, 0.15) is 5.75 Å². The largest absolute Gasteiger partial charge is 0.467 e. The zero-order valence-electron chi connectivity index (χ0n) is 13.5. The Morgan fingerprint density at radius 3 is 2.79 bits per heavy atom. The minimum absolute atomic E-state index is 0.0982. The topological polar surface area (TPSA) is 50.8 Å². The number of amides is 2. The molecule has 24 heavy (non-hydrogen) atoms. The average Bonchev–Trinajstić information content (AvgIpc) is 2.59. The van der Waals surface area contributed by atoms with Gasteiger partial charge in [0.25, 0.3) is 0 Å². The fraction of sp³-hybridized carbons (Fsp3) is 0.588. The van der Waals surface area contributed by atoms with E-state index in [0.717, 1.165) is 18.9 Å². The molecule has 2 bridgehead atoms. The van der Waals surface area contributed by atoms with Crippen LogP contribution in [0.15, 0.2) is 12.1 Å². The van der Waals surface area contributed by atoms with Gasteiger partial charge in [-0.25, -0.2) is 13.6 Å². The molecule has 130 valence electrons. The summed E-state index contributed by atoms with van der Waals surface area (Å²) in [6, 6.07) is 1.65. The Bertz CT molecular complexity index is 678. The molecular formula is C17H20F2N2O3. The molecule has 2 atom stereocenters. The van der Waals surface area contributed by atoms with Crippen LogP contribution < -0.4 is 10.1 Å². The normalized spacial score (nSPS) is 29.7. The summed E-state index contributed by atoms with van der Waals surface area (Å²) in [6.45, 7) is 3.61. The summed E-state index contributed by atoms with van der Waals surface area (Å²) in [5, 5.41) is 2.81. The van der Waals surface area contributed by atoms with Crippen molar-refractivity contribution in [1.29, 1.82) is 0 Å². The number of carbonyl (C=O) groups excluding carboxylic acids is 1. The summed E-state index contributed by atoms with van der Waals surface area (Å²) in [7, 11) is 0. The van der Waals surface area contributed by atoms with Gasteiger partial charge in [0.15, 0.2) is 17.4 Å². The number of carbonyl (C=O) groups is 1. The highest BCUT2D eigenvalue weighted by Crippen LogP contribution is 2.50. The minimum Gasteiger partial charge on any atom is -0.467 e. The summed E-state index contributed by atoms with van der Waals surface area (Å²) in [5.74, 6) is -1.46. The lowest BCUT2D eigenvalue weighted by Crippen LogP contribution is -2.69. The van der Waals surface area contributed by atoms with E-state index in [1.807, 2.05) is 6.92 Å². The third kappa shape index (κ3) is 2.10. The standard InChI is InChI=1S/C17H20F2N2O3/c1-2-21-16(22)20-12-9-17(21,10-5-7-23-8-6-10)24-13-4-3-11(18)15(19)14(12)13/h3-4,10,12H,2,5-9H2,1H3,(H,20,22). The van der Waals surface area contributed by atoms with Gasteiger partial charge in [0.2, 0.25) is 0 Å². The summed E-state index contributed by atoms with van der Waals surface area (Å²) < 4.78 is 39.6. The van der Waals surface area contributed by atoms with E-state index >= 15 is 0 Å². The second-order valence-corrected chi connectivity index (χ2v) is 6.56. The first-order chi connectivity index (χ1) is 11.6. The molecule has 1 N–H and O–H groups in total. The Labute approximate surface area is 138 Å². The molecular weight excluding hydrogens is 318 g/mol. The van der Waals surface area contributed by atoms with Crippen molar-refractivity contribution in [1.82, 2.24) is 10.2 Å². The molecule has 3 aliphatic heterocycles. The lowest BCUT2D eigenvalue weighted by molar-refractivity contribution is -0.156. The number of rotatable bonds is 2. The molecule has 2 saturated heterocycles. The second-order valence-electron chi connectivity index (χ2n) is 6.56. The predicted octanol–water partition coefficient (Wildman–Crippen LogP) is 2.96. The second kappa shape index (κ2) is 5.58. The van der Waals surface area contributed by atoms with Crippen molar-refractivity contribution in [2.75, 3.05) is 19.8 Å². The third-order valence-electron chi connectivity index (χ3n) is 5.40. The highest BCUT2D eigenvalue weighted by molar-refractivity contribution is 5.77. The molecule has 1 aromatic rings. The van der Waals surface area contributed by atoms with Gasteiger partial charge < -0.3 is 14.8 Å². The van der Waals surface area contributed by atoms with Crippen LogP contribution in [0.3, 0.4) is 0 Å². The van der Waals surface area contributed by atoms with E-state index in [2.05, 4.69) is 5.32 Å². The van der Waals surface area contributed by atoms with Crippen molar-refractivity contribution < 1.29 is 23.0 Å². The fourth-order valence-electron chi connectivity index (χ4n) is 4.31. The molecule has 0 aliphatic carbocycles. The van der Waals surface area contributed by atoms with E-state index < -0.39 is 23.4 Å². The molecule has 7 heteroatoms. The Morgan fingerprint density at radius 1 is 1.33 bits per heavy atom. The Morgan fingerprint density at radius 2 is 2.08 bits per heavy atom. The van der Waals surface area contributed by atoms with Crippen LogP contribution in [-0.2, 0) is 4.74 Å². The van der Waals surface area contributed by atoms with Gasteiger partial charge in [-0.05, 0) is 31.9 Å². The molecule has 0 aromatic heterocycles. The summed E-state index contributed by atoms with van der Waals surface area (Å²) in [5.41, 5.74) is -0.718. The maximum atomic E-state index is 14.3. The van der Waals surface area contributed by atoms with Crippen LogP contribution in [0.5, 0.6) is 5.75 Å². The Kier molecular flexibility index (Phi) is 3.63. The van der Waals surface area contributed by atoms with Crippen LogP contribution in [0.2, 0.25) is 0 Å². The molecule has 0 radical (unpaired) electrons. The highest BCUT2D eigenvalue weighted by atomic mass is 19.2. The molecule has 4 rings (SSSR count). The highest BCUT2D eigenvalue weighted by Gasteiger charge is 2.56. The number of nitrogens with zero attached hydrogens (tertiary/aromatic N) is 1. The van der Waals surface area contributed by atoms with Crippen LogP contribution in [0.25, 0.3) is 0 Å². The van der Waals surface area contributed by atoms with Crippen LogP contribution in [0.4, 0.5) is 13.6 Å². The number of fused-ring (bicyclic) bond motifs is 4. The molecule has 2 amide bonds. The van der Waals surface area contributed by atoms with Gasteiger partial charge in [-0.2, -0.15) is 0 Å². The predicted molar refractivity (Wildman–Crippen MR) is 81.5 cm³/mol. The van der Waals surface area contributed by atoms with Crippen LogP contribution in [0.1, 0.15) is 37.8 Å². The fourth-order valence-corrected chi connectivity index (χ4v) is 4.31. The number of benzene rings is 1. The van der Waals surface area contributed by atoms with Crippen LogP contribution in [0, 0.1) is 17.6 Å². The van der Waals surface area contributed by atoms with Crippen LogP contribution in [-0.4, -0.2) is 36.4 Å². The molecule has 0 spiro atoms. The Hall–Kier alpha value is -1.89. The van der Waals surface area contributed by atoms with Crippen molar-refractivity contribution in [3.05, 3.63) is 29.3 Å². The van der Waals surface area contributed by atoms with E-state index in [0.29, 0.717) is 31.9 Å². The van der Waals surface area contributed by atoms with Gasteiger partial charge in [0.05, 0.1) is 11.6 Å². The SMILES string of the molecule is CCN1C(=O)NC2CC1(C1CCOCC1)Oc1ccc(F)c(F)c12. The minimum atomic E-state index is -0.941. The monoisotopic (exact) mass is 338 g/mol. The van der Waals surface area contributed by atoms with Gasteiger partial charge >= 0.3 is 6.03 Å². The first-order valence-corrected chi connectivity index (χ1v) is 8.39. The van der Waals surface area contributed by atoms with Crippen molar-refractivity contribution in [3.8, 4) is 5.75 Å². The van der Waals surface area contributed by atoms with Crippen molar-refractivity contribution in [2.45, 2.75) is 38.0 Å². The number of halogens is 2. The number of hydrogen-bond acceptors (Lipinski definition) is 3. The van der Waals surface area contributed by atoms with Gasteiger partial charge in [-0.15, -0.1) is 0 Å². The average molecular weight is 338 g/mol. The first-order valence-electron chi connectivity index (χ1n) is 8.39. The first kappa shape index (κ1) is 15.6. The van der Waals surface area contributed by atoms with Crippen molar-refractivity contribution >= 4 is 6.03 Å². The summed E-state index contributed by atoms with van der Waals surface area (Å²) >= 11 is 0. The molecule has 3 aliphatic rings. The molecule has 2 fully saturated rings. The molecule has 3 heterocycles. The molecule has 1 aromatic carbocycles. The quantitative estimate of drug-likeness (QED) is 0.902. The molecule has 5 nitrogen and oxygen atoms in total. The Balaban J connectivity index is 1.83. The maximum Gasteiger partial charge on any atom is 0.320 e. The van der Waals surface area contributed by atoms with Gasteiger partial charge in [-0.1, -0.05) is 0 Å². The van der Waals surface area contributed by atoms with E-state index in [9.17, 15) is 13.6 Å². The lowest BCUT2D eigenvalue weighted by atomic mass is 9.78. The lowest BCUT2D eigenvalue weighted by Gasteiger charge is -2.56. The summed E-state index contributed by atoms with van der Waals surface area (Å²) in [4.78, 5) is 14.3. The smallest absolute Gasteiger partial charge is 0.320 e. The van der Waals surface area contributed by atoms with E-state index in [-0.39, 0.29) is 17.5 Å². The zero-order chi connectivity index (χ0) is 16.9. The van der Waals surface area contributed by atoms with Gasteiger partial charge in [-0.3, -0.25) is 4.90 Å². The van der Waals surface area contributed by atoms with E-state index in [1.165, 1.54) is 6.07 Å². The molecule has 0 saturated carbocycles. The summed E-state index contributed by atoms with van der Waals surface area (Å²) in [6.07, 6.45) is 1.95. The molecule has 2 unspecified atom stereocenters. The van der Waals surface area contributed by atoms with Crippen molar-refractivity contribution in [2.24, 2.45) is 5.92 Å².